The molecule has 48 valence electrons. The standard InChI is InChI=1S/C4H8ClNOS/c1-6-4(7)3(5)8-2/h3H,1-2H3,(H,6,7). The van der Waals surface area contributed by atoms with Gasteiger partial charge in [0, 0.05) is 7.05 Å². The zero-order valence-corrected chi connectivity index (χ0v) is 6.34. The molecule has 0 rings (SSSR count). The van der Waals surface area contributed by atoms with E-state index in [-0.39, 0.29) is 5.91 Å². The molecule has 0 aliphatic carbocycles. The molecule has 0 heterocycles. The Morgan fingerprint density at radius 3 is 2.50 bits per heavy atom. The smallest absolute Gasteiger partial charge is 0.248 e. The molecule has 2 nitrogen and oxygen atoms in total. The van der Waals surface area contributed by atoms with E-state index in [2.05, 4.69) is 5.32 Å². The predicted molar refractivity (Wildman–Crippen MR) is 37.2 cm³/mol. The number of rotatable bonds is 2. The summed E-state index contributed by atoms with van der Waals surface area (Å²) in [5.74, 6) is -0.140. The molecule has 0 aromatic heterocycles. The monoisotopic (exact) mass is 153 g/mol. The Morgan fingerprint density at radius 1 is 1.88 bits per heavy atom. The van der Waals surface area contributed by atoms with Crippen LogP contribution in [0, 0.1) is 0 Å². The summed E-state index contributed by atoms with van der Waals surface area (Å²) in [6.07, 6.45) is 1.78. The minimum atomic E-state index is -0.444. The van der Waals surface area contributed by atoms with Gasteiger partial charge in [0.2, 0.25) is 5.91 Å². The van der Waals surface area contributed by atoms with Crippen molar-refractivity contribution in [2.75, 3.05) is 13.3 Å². The maximum atomic E-state index is 10.5. The zero-order chi connectivity index (χ0) is 6.57. The van der Waals surface area contributed by atoms with Crippen LogP contribution in [0.3, 0.4) is 0 Å². The van der Waals surface area contributed by atoms with Gasteiger partial charge in [-0.15, -0.1) is 23.4 Å². The lowest BCUT2D eigenvalue weighted by Gasteiger charge is -2.01. The molecule has 4 heteroatoms. The third kappa shape index (κ3) is 2.43. The first-order valence-electron chi connectivity index (χ1n) is 2.10. The van der Waals surface area contributed by atoms with Gasteiger partial charge in [-0.05, 0) is 6.26 Å². The number of hydrogen-bond acceptors (Lipinski definition) is 2. The van der Waals surface area contributed by atoms with Gasteiger partial charge in [0.1, 0.15) is 0 Å². The summed E-state index contributed by atoms with van der Waals surface area (Å²) in [5.41, 5.74) is 0. The Bertz CT molecular complexity index is 88.1. The molecular formula is C4H8ClNOS. The quantitative estimate of drug-likeness (QED) is 0.591. The number of amides is 1. The Kier molecular flexibility index (Phi) is 4.09. The van der Waals surface area contributed by atoms with Gasteiger partial charge in [-0.2, -0.15) is 0 Å². The molecule has 0 fully saturated rings. The summed E-state index contributed by atoms with van der Waals surface area (Å²) < 4.78 is -0.444. The highest BCUT2D eigenvalue weighted by Gasteiger charge is 2.09. The number of hydrogen-bond donors (Lipinski definition) is 1. The molecule has 1 amide bonds. The molecule has 0 aliphatic rings. The van der Waals surface area contributed by atoms with Crippen LogP contribution in [-0.4, -0.2) is 23.9 Å². The van der Waals surface area contributed by atoms with E-state index in [9.17, 15) is 4.79 Å². The van der Waals surface area contributed by atoms with E-state index in [1.165, 1.54) is 11.8 Å². The number of carbonyl (C=O) groups is 1. The van der Waals surface area contributed by atoms with Crippen molar-refractivity contribution in [3.05, 3.63) is 0 Å². The second-order valence-electron chi connectivity index (χ2n) is 1.17. The molecule has 0 aromatic rings. The Balaban J connectivity index is 3.46. The third-order valence-electron chi connectivity index (χ3n) is 0.659. The third-order valence-corrected chi connectivity index (χ3v) is 2.02. The van der Waals surface area contributed by atoms with Crippen molar-refractivity contribution >= 4 is 29.3 Å². The first kappa shape index (κ1) is 8.11. The highest BCUT2D eigenvalue weighted by Crippen LogP contribution is 2.09. The average Bonchev–Trinajstić information content (AvgIpc) is 1.84. The minimum Gasteiger partial charge on any atom is -0.357 e. The van der Waals surface area contributed by atoms with Crippen molar-refractivity contribution in [3.63, 3.8) is 0 Å². The Labute approximate surface area is 58.0 Å². The predicted octanol–water partition coefficient (Wildman–Crippen LogP) is 0.660. The minimum absolute atomic E-state index is 0.140. The van der Waals surface area contributed by atoms with Crippen LogP contribution in [-0.2, 0) is 4.79 Å². The summed E-state index contributed by atoms with van der Waals surface area (Å²) in [4.78, 5) is 10.5. The molecule has 0 radical (unpaired) electrons. The molecule has 8 heavy (non-hydrogen) atoms. The molecule has 0 spiro atoms. The molecule has 1 atom stereocenters. The lowest BCUT2D eigenvalue weighted by atomic mass is 10.7. The van der Waals surface area contributed by atoms with Crippen LogP contribution in [0.1, 0.15) is 0 Å². The topological polar surface area (TPSA) is 29.1 Å². The highest BCUT2D eigenvalue weighted by atomic mass is 35.5. The largest absolute Gasteiger partial charge is 0.357 e. The van der Waals surface area contributed by atoms with Crippen molar-refractivity contribution < 1.29 is 4.79 Å². The number of nitrogens with one attached hydrogen (secondary N) is 1. The van der Waals surface area contributed by atoms with Gasteiger partial charge in [0.15, 0.2) is 4.71 Å². The fraction of sp³-hybridized carbons (Fsp3) is 0.750. The van der Waals surface area contributed by atoms with Crippen molar-refractivity contribution in [2.45, 2.75) is 4.71 Å². The van der Waals surface area contributed by atoms with Crippen molar-refractivity contribution in [2.24, 2.45) is 0 Å². The molecule has 0 saturated carbocycles. The van der Waals surface area contributed by atoms with Crippen molar-refractivity contribution in [1.29, 1.82) is 0 Å². The van der Waals surface area contributed by atoms with E-state index >= 15 is 0 Å². The maximum Gasteiger partial charge on any atom is 0.248 e. The summed E-state index contributed by atoms with van der Waals surface area (Å²) in [6, 6.07) is 0. The SMILES string of the molecule is CNC(=O)C(Cl)SC. The van der Waals surface area contributed by atoms with Gasteiger partial charge in [0.25, 0.3) is 0 Å². The maximum absolute atomic E-state index is 10.5. The van der Waals surface area contributed by atoms with E-state index in [4.69, 9.17) is 11.6 Å². The zero-order valence-electron chi connectivity index (χ0n) is 4.77. The second kappa shape index (κ2) is 4.04. The van der Waals surface area contributed by atoms with Crippen LogP contribution in [0.4, 0.5) is 0 Å². The lowest BCUT2D eigenvalue weighted by molar-refractivity contribution is -0.118. The average molecular weight is 154 g/mol. The van der Waals surface area contributed by atoms with Gasteiger partial charge < -0.3 is 5.32 Å². The van der Waals surface area contributed by atoms with E-state index < -0.39 is 4.71 Å². The summed E-state index contributed by atoms with van der Waals surface area (Å²) in [7, 11) is 1.56. The van der Waals surface area contributed by atoms with Gasteiger partial charge >= 0.3 is 0 Å². The van der Waals surface area contributed by atoms with E-state index in [1.54, 1.807) is 13.3 Å². The first-order valence-corrected chi connectivity index (χ1v) is 3.83. The van der Waals surface area contributed by atoms with E-state index in [0.717, 1.165) is 0 Å². The fourth-order valence-corrected chi connectivity index (χ4v) is 0.662. The van der Waals surface area contributed by atoms with Crippen molar-refractivity contribution in [3.8, 4) is 0 Å². The number of carbonyl (C=O) groups excluding carboxylic acids is 1. The number of halogens is 1. The molecule has 0 saturated heterocycles. The van der Waals surface area contributed by atoms with Crippen LogP contribution in [0.5, 0.6) is 0 Å². The normalized spacial score (nSPS) is 12.9. The highest BCUT2D eigenvalue weighted by molar-refractivity contribution is 8.01. The van der Waals surface area contributed by atoms with Crippen LogP contribution in [0.25, 0.3) is 0 Å². The van der Waals surface area contributed by atoms with Gasteiger partial charge in [-0.3, -0.25) is 4.79 Å². The van der Waals surface area contributed by atoms with Crippen LogP contribution in [0.2, 0.25) is 0 Å². The molecular weight excluding hydrogens is 146 g/mol. The molecule has 0 bridgehead atoms. The summed E-state index contributed by atoms with van der Waals surface area (Å²) in [5, 5.41) is 2.42. The van der Waals surface area contributed by atoms with E-state index in [1.807, 2.05) is 0 Å². The second-order valence-corrected chi connectivity index (χ2v) is 2.80. The molecule has 0 aliphatic heterocycles. The fourth-order valence-electron chi connectivity index (χ4n) is 0.221. The summed E-state index contributed by atoms with van der Waals surface area (Å²) in [6.45, 7) is 0. The molecule has 0 aromatic carbocycles. The van der Waals surface area contributed by atoms with E-state index in [0.29, 0.717) is 0 Å². The van der Waals surface area contributed by atoms with Crippen LogP contribution < -0.4 is 5.32 Å². The molecule has 1 unspecified atom stereocenters. The van der Waals surface area contributed by atoms with Gasteiger partial charge in [-0.25, -0.2) is 0 Å². The van der Waals surface area contributed by atoms with Crippen LogP contribution in [0.15, 0.2) is 0 Å². The van der Waals surface area contributed by atoms with Gasteiger partial charge in [-0.1, -0.05) is 0 Å². The Morgan fingerprint density at radius 2 is 2.38 bits per heavy atom. The Hall–Kier alpha value is 0.110. The number of thioether (sulfide) groups is 1. The van der Waals surface area contributed by atoms with Crippen molar-refractivity contribution in [1.82, 2.24) is 5.32 Å². The van der Waals surface area contributed by atoms with Crippen LogP contribution >= 0.6 is 23.4 Å². The summed E-state index contributed by atoms with van der Waals surface area (Å²) >= 11 is 6.78. The molecule has 1 N–H and O–H groups in total. The lowest BCUT2D eigenvalue weighted by Crippen LogP contribution is -2.25. The van der Waals surface area contributed by atoms with Gasteiger partial charge in [0.05, 0.1) is 0 Å². The number of alkyl halides is 1. The first-order chi connectivity index (χ1) is 3.72.